The van der Waals surface area contributed by atoms with Crippen LogP contribution in [0.25, 0.3) is 0 Å². The van der Waals surface area contributed by atoms with Gasteiger partial charge in [0.2, 0.25) is 0 Å². The van der Waals surface area contributed by atoms with E-state index in [2.05, 4.69) is 17.7 Å². The number of hydrogen-bond acceptors (Lipinski definition) is 3. The summed E-state index contributed by atoms with van der Waals surface area (Å²) in [7, 11) is 2.37. The molecule has 3 amide bonds. The van der Waals surface area contributed by atoms with Crippen LogP contribution in [0.4, 0.5) is 15.5 Å². The number of rotatable bonds is 5. The van der Waals surface area contributed by atoms with E-state index in [0.29, 0.717) is 33.4 Å². The van der Waals surface area contributed by atoms with E-state index < -0.39 is 5.91 Å². The van der Waals surface area contributed by atoms with Crippen molar-refractivity contribution in [1.82, 2.24) is 0 Å². The Bertz CT molecular complexity index is 1030. The third-order valence-corrected chi connectivity index (χ3v) is 8.94. The van der Waals surface area contributed by atoms with E-state index in [1.165, 1.54) is 48.4 Å². The Morgan fingerprint density at radius 2 is 1.90 bits per heavy atom. The Balaban J connectivity index is 1.42. The van der Waals surface area contributed by atoms with Crippen molar-refractivity contribution >= 4 is 45.6 Å². The second-order valence-electron chi connectivity index (χ2n) is 9.37. The minimum Gasteiger partial charge on any atom is -0.365 e. The quantitative estimate of drug-likeness (QED) is 0.540. The molecular weight excluding hydrogens is 432 g/mol. The molecule has 0 spiro atoms. The van der Waals surface area contributed by atoms with E-state index in [0.717, 1.165) is 28.8 Å². The zero-order valence-electron chi connectivity index (χ0n) is 17.6. The number of primary amides is 1. The average molecular weight is 460 g/mol. The Morgan fingerprint density at radius 3 is 2.55 bits per heavy atom. The first-order valence-electron chi connectivity index (χ1n) is 11.0. The maximum atomic E-state index is 12.6. The van der Waals surface area contributed by atoms with E-state index >= 15 is 0 Å². The molecule has 8 heteroatoms. The Kier molecular flexibility index (Phi) is 5.23. The largest absolute Gasteiger partial charge is 0.365 e. The maximum absolute atomic E-state index is 12.6. The van der Waals surface area contributed by atoms with Crippen LogP contribution in [0.15, 0.2) is 24.3 Å². The number of nitrogens with zero attached hydrogens (tertiary/aromatic N) is 1. The number of likely N-dealkylation sites (N-methyl/N-ethyl adjacent to an activating group) is 1. The van der Waals surface area contributed by atoms with E-state index in [-0.39, 0.29) is 6.03 Å². The van der Waals surface area contributed by atoms with Crippen LogP contribution < -0.4 is 16.4 Å². The first-order valence-corrected chi connectivity index (χ1v) is 12.2. The van der Waals surface area contributed by atoms with E-state index in [1.54, 1.807) is 24.3 Å². The highest BCUT2D eigenvalue weighted by Gasteiger charge is 2.54. The highest BCUT2D eigenvalue weighted by molar-refractivity contribution is 7.17. The van der Waals surface area contributed by atoms with Gasteiger partial charge < -0.3 is 15.5 Å². The van der Waals surface area contributed by atoms with Crippen LogP contribution in [-0.2, 0) is 6.42 Å². The predicted molar refractivity (Wildman–Crippen MR) is 125 cm³/mol. The van der Waals surface area contributed by atoms with Crippen LogP contribution in [0, 0.1) is 5.92 Å². The van der Waals surface area contributed by atoms with E-state index in [9.17, 15) is 9.59 Å². The lowest BCUT2D eigenvalue weighted by atomic mass is 9.82. The van der Waals surface area contributed by atoms with Crippen LogP contribution in [0.2, 0.25) is 5.02 Å². The van der Waals surface area contributed by atoms with Gasteiger partial charge in [-0.25, -0.2) is 4.79 Å². The summed E-state index contributed by atoms with van der Waals surface area (Å²) < 4.78 is 1.02. The predicted octanol–water partition coefficient (Wildman–Crippen LogP) is 5.15. The van der Waals surface area contributed by atoms with Crippen molar-refractivity contribution in [2.24, 2.45) is 11.7 Å². The number of urea groups is 1. The smallest absolute Gasteiger partial charge is 0.324 e. The number of nitrogens with two attached hydrogens (primary N) is 1. The molecule has 1 saturated carbocycles. The number of anilines is 2. The maximum Gasteiger partial charge on any atom is 0.324 e. The normalized spacial score (nSPS) is 26.8. The zero-order chi connectivity index (χ0) is 21.8. The van der Waals surface area contributed by atoms with Gasteiger partial charge >= 0.3 is 6.03 Å². The number of hydrogen-bond donors (Lipinski definition) is 3. The number of benzene rings is 1. The van der Waals surface area contributed by atoms with Crippen LogP contribution in [0.1, 0.15) is 58.9 Å². The number of halogens is 1. The summed E-state index contributed by atoms with van der Waals surface area (Å²) >= 11 is 7.42. The number of thiophene rings is 1. The molecule has 3 heterocycles. The fourth-order valence-corrected chi connectivity index (χ4v) is 7.25. The summed E-state index contributed by atoms with van der Waals surface area (Å²) in [5.74, 6) is 0.341. The van der Waals surface area contributed by atoms with E-state index in [4.69, 9.17) is 17.3 Å². The van der Waals surface area contributed by atoms with Crippen molar-refractivity contribution in [3.63, 3.8) is 0 Å². The SMILES string of the molecule is C[N+]1(CC2CCC2)C2CCC1c1c(sc(NC(=O)Nc3ccc(Cl)cc3)c1C(N)=O)C2. The first kappa shape index (κ1) is 20.8. The summed E-state index contributed by atoms with van der Waals surface area (Å²) in [4.78, 5) is 26.4. The van der Waals surface area contributed by atoms with Crippen LogP contribution in [0.3, 0.4) is 0 Å². The van der Waals surface area contributed by atoms with Crippen molar-refractivity contribution in [3.8, 4) is 0 Å². The number of carbonyl (C=O) groups excluding carboxylic acids is 2. The minimum absolute atomic E-state index is 0.294. The number of nitrogens with one attached hydrogen (secondary N) is 2. The first-order chi connectivity index (χ1) is 14.8. The van der Waals surface area contributed by atoms with Crippen molar-refractivity contribution < 1.29 is 14.1 Å². The highest BCUT2D eigenvalue weighted by Crippen LogP contribution is 2.54. The molecule has 2 aromatic rings. The fourth-order valence-electron chi connectivity index (χ4n) is 5.79. The lowest BCUT2D eigenvalue weighted by Gasteiger charge is -2.48. The number of amides is 3. The molecule has 31 heavy (non-hydrogen) atoms. The lowest BCUT2D eigenvalue weighted by molar-refractivity contribution is -0.954. The third-order valence-electron chi connectivity index (χ3n) is 7.55. The Hall–Kier alpha value is -2.09. The van der Waals surface area contributed by atoms with Gasteiger partial charge in [0.25, 0.3) is 5.91 Å². The fraction of sp³-hybridized carbons (Fsp3) is 0.478. The molecule has 0 radical (unpaired) electrons. The van der Waals surface area contributed by atoms with Gasteiger partial charge in [0.15, 0.2) is 0 Å². The number of fused-ring (bicyclic) bond motifs is 4. The molecule has 3 unspecified atom stereocenters. The van der Waals surface area contributed by atoms with Gasteiger partial charge in [0.1, 0.15) is 11.0 Å². The van der Waals surface area contributed by atoms with E-state index in [1.807, 2.05) is 0 Å². The molecule has 6 nitrogen and oxygen atoms in total. The lowest BCUT2D eigenvalue weighted by Crippen LogP contribution is -2.56. The topological polar surface area (TPSA) is 84.2 Å². The molecule has 5 rings (SSSR count). The summed E-state index contributed by atoms with van der Waals surface area (Å²) in [5.41, 5.74) is 8.09. The van der Waals surface area contributed by atoms with Gasteiger partial charge in [-0.05, 0) is 37.1 Å². The van der Waals surface area contributed by atoms with Crippen LogP contribution in [0.5, 0.6) is 0 Å². The van der Waals surface area contributed by atoms with Crippen molar-refractivity contribution in [1.29, 1.82) is 0 Å². The van der Waals surface area contributed by atoms with Gasteiger partial charge in [-0.3, -0.25) is 10.1 Å². The molecular formula is C23H28ClN4O2S+. The molecule has 1 aromatic carbocycles. The highest BCUT2D eigenvalue weighted by atomic mass is 35.5. The summed E-state index contributed by atoms with van der Waals surface area (Å²) in [5, 5.41) is 6.85. The standard InChI is InChI=1S/C23H27ClN4O2S/c1-28(12-13-3-2-4-13)16-9-10-17(28)19-18(11-16)31-22(20(19)21(25)29)27-23(30)26-15-7-5-14(24)6-8-15/h5-8,13,16-17H,2-4,9-12H2,1H3,(H3-,25,26,27,29,30)/p+1. The van der Waals surface area contributed by atoms with Gasteiger partial charge in [-0.2, -0.15) is 0 Å². The average Bonchev–Trinajstić information content (AvgIpc) is 3.11. The summed E-state index contributed by atoms with van der Waals surface area (Å²) in [6.45, 7) is 1.18. The van der Waals surface area contributed by atoms with Crippen LogP contribution in [-0.4, -0.2) is 36.1 Å². The molecule has 4 N–H and O–H groups in total. The molecule has 1 saturated heterocycles. The second kappa shape index (κ2) is 7.80. The third kappa shape index (κ3) is 3.62. The molecule has 2 bridgehead atoms. The molecule has 164 valence electrons. The second-order valence-corrected chi connectivity index (χ2v) is 10.9. The number of carbonyl (C=O) groups is 2. The molecule has 1 aromatic heterocycles. The van der Waals surface area contributed by atoms with Gasteiger partial charge in [-0.15, -0.1) is 11.3 Å². The number of quaternary nitrogens is 1. The van der Waals surface area contributed by atoms with Crippen LogP contribution >= 0.6 is 22.9 Å². The molecule has 2 fully saturated rings. The Morgan fingerprint density at radius 1 is 1.16 bits per heavy atom. The van der Waals surface area contributed by atoms with Gasteiger partial charge in [-0.1, -0.05) is 18.0 Å². The molecule has 1 aliphatic carbocycles. The van der Waals surface area contributed by atoms with Crippen molar-refractivity contribution in [3.05, 3.63) is 45.3 Å². The molecule has 3 atom stereocenters. The minimum atomic E-state index is -0.458. The summed E-state index contributed by atoms with van der Waals surface area (Å²) in [6.07, 6.45) is 7.21. The zero-order valence-corrected chi connectivity index (χ0v) is 19.2. The van der Waals surface area contributed by atoms with Gasteiger partial charge in [0.05, 0.1) is 25.2 Å². The molecule has 3 aliphatic rings. The van der Waals surface area contributed by atoms with Crippen molar-refractivity contribution in [2.75, 3.05) is 24.2 Å². The van der Waals surface area contributed by atoms with Gasteiger partial charge in [0, 0.05) is 46.3 Å². The Labute approximate surface area is 191 Å². The molecule has 2 aliphatic heterocycles. The summed E-state index contributed by atoms with van der Waals surface area (Å²) in [6, 6.07) is 7.40. The monoisotopic (exact) mass is 459 g/mol. The van der Waals surface area contributed by atoms with Crippen molar-refractivity contribution in [2.45, 2.75) is 50.6 Å².